The van der Waals surface area contributed by atoms with Crippen LogP contribution in [0.1, 0.15) is 20.3 Å². The van der Waals surface area contributed by atoms with Crippen LogP contribution < -0.4 is 0 Å². The van der Waals surface area contributed by atoms with Gasteiger partial charge >= 0.3 is 0 Å². The topological polar surface area (TPSA) is 79.8 Å². The average molecular weight is 355 g/mol. The molecule has 0 bridgehead atoms. The zero-order valence-electron chi connectivity index (χ0n) is 14.2. The molecule has 1 fully saturated rings. The molecule has 1 aliphatic heterocycles. The Morgan fingerprint density at radius 2 is 2.00 bits per heavy atom. The Labute approximate surface area is 143 Å². The lowest BCUT2D eigenvalue weighted by Crippen LogP contribution is -2.50. The molecule has 24 heavy (non-hydrogen) atoms. The molecule has 0 N–H and O–H groups in total. The number of nitrogens with zero attached hydrogens (tertiary/aromatic N) is 3. The monoisotopic (exact) mass is 355 g/mol. The summed E-state index contributed by atoms with van der Waals surface area (Å²) in [5, 5.41) is 0. The van der Waals surface area contributed by atoms with E-state index >= 15 is 0 Å². The summed E-state index contributed by atoms with van der Waals surface area (Å²) >= 11 is 0. The van der Waals surface area contributed by atoms with Gasteiger partial charge in [0.2, 0.25) is 15.9 Å². The van der Waals surface area contributed by atoms with Gasteiger partial charge in [0.05, 0.1) is 13.0 Å². The zero-order chi connectivity index (χ0) is 17.6. The molecular weight excluding hydrogens is 330 g/mol. The number of hydrogen-bond donors (Lipinski definition) is 0. The smallest absolute Gasteiger partial charge is 0.244 e. The highest BCUT2D eigenvalue weighted by molar-refractivity contribution is 7.89. The van der Waals surface area contributed by atoms with Crippen molar-refractivity contribution in [2.75, 3.05) is 39.4 Å². The molecule has 8 heteroatoms. The number of rotatable bonds is 7. The van der Waals surface area contributed by atoms with Crippen molar-refractivity contribution in [2.45, 2.75) is 25.2 Å². The molecular formula is C16H25N3O4S. The van der Waals surface area contributed by atoms with Crippen LogP contribution in [0.5, 0.6) is 0 Å². The minimum Gasteiger partial charge on any atom is -0.381 e. The van der Waals surface area contributed by atoms with Crippen molar-refractivity contribution < 1.29 is 17.9 Å². The van der Waals surface area contributed by atoms with Crippen molar-refractivity contribution in [1.82, 2.24) is 14.2 Å². The van der Waals surface area contributed by atoms with Crippen LogP contribution in [0.2, 0.25) is 0 Å². The summed E-state index contributed by atoms with van der Waals surface area (Å²) in [5.74, 6) is 0.457. The van der Waals surface area contributed by atoms with E-state index in [0.29, 0.717) is 51.7 Å². The number of carbonyl (C=O) groups is 1. The first-order valence-corrected chi connectivity index (χ1v) is 9.61. The Kier molecular flexibility index (Phi) is 6.70. The van der Waals surface area contributed by atoms with Crippen molar-refractivity contribution >= 4 is 15.9 Å². The molecule has 7 nitrogen and oxygen atoms in total. The Balaban J connectivity index is 1.82. The molecule has 0 atom stereocenters. The predicted molar refractivity (Wildman–Crippen MR) is 89.8 cm³/mol. The fourth-order valence-corrected chi connectivity index (χ4v) is 3.85. The lowest BCUT2D eigenvalue weighted by molar-refractivity contribution is -0.133. The highest BCUT2D eigenvalue weighted by Gasteiger charge is 2.29. The van der Waals surface area contributed by atoms with E-state index in [1.54, 1.807) is 11.0 Å². The first-order chi connectivity index (χ1) is 11.4. The van der Waals surface area contributed by atoms with E-state index in [9.17, 15) is 13.2 Å². The number of carbonyl (C=O) groups excluding carboxylic acids is 1. The second kappa shape index (κ2) is 8.55. The van der Waals surface area contributed by atoms with Gasteiger partial charge in [-0.3, -0.25) is 9.78 Å². The predicted octanol–water partition coefficient (Wildman–Crippen LogP) is 0.977. The Hall–Kier alpha value is -1.51. The van der Waals surface area contributed by atoms with Crippen molar-refractivity contribution in [2.24, 2.45) is 5.92 Å². The van der Waals surface area contributed by atoms with Crippen LogP contribution in [-0.4, -0.2) is 67.9 Å². The quantitative estimate of drug-likeness (QED) is 0.681. The second-order valence-corrected chi connectivity index (χ2v) is 8.13. The van der Waals surface area contributed by atoms with Crippen molar-refractivity contribution in [3.63, 3.8) is 0 Å². The highest BCUT2D eigenvalue weighted by atomic mass is 32.2. The van der Waals surface area contributed by atoms with E-state index in [1.165, 1.54) is 22.8 Å². The molecule has 2 heterocycles. The molecule has 1 aliphatic rings. The van der Waals surface area contributed by atoms with E-state index < -0.39 is 10.0 Å². The highest BCUT2D eigenvalue weighted by Crippen LogP contribution is 2.16. The second-order valence-electron chi connectivity index (χ2n) is 6.19. The van der Waals surface area contributed by atoms with Crippen LogP contribution in [-0.2, 0) is 19.6 Å². The van der Waals surface area contributed by atoms with Crippen LogP contribution in [0, 0.1) is 5.92 Å². The molecule has 1 amide bonds. The molecule has 0 unspecified atom stereocenters. The summed E-state index contributed by atoms with van der Waals surface area (Å²) in [4.78, 5) is 17.9. The third-order valence-electron chi connectivity index (χ3n) is 3.77. The minimum absolute atomic E-state index is 0.0113. The number of amides is 1. The fraction of sp³-hybridized carbons (Fsp3) is 0.625. The van der Waals surface area contributed by atoms with E-state index in [-0.39, 0.29) is 10.8 Å². The first-order valence-electron chi connectivity index (χ1n) is 8.17. The molecule has 0 radical (unpaired) electrons. The molecule has 1 saturated heterocycles. The van der Waals surface area contributed by atoms with E-state index in [4.69, 9.17) is 4.74 Å². The summed E-state index contributed by atoms with van der Waals surface area (Å²) in [7, 11) is -3.53. The Bertz CT molecular complexity index is 626. The fourth-order valence-electron chi connectivity index (χ4n) is 2.46. The maximum absolute atomic E-state index is 12.5. The standard InChI is InChI=1S/C16H25N3O4S/c1-14(2)13-23-11-5-16(20)18-7-9-19(10-8-18)24(21,22)15-4-3-6-17-12-15/h3-4,6,12,14H,5,7-11,13H2,1-2H3. The van der Waals surface area contributed by atoms with Gasteiger partial charge in [0.1, 0.15) is 4.90 Å². The number of piperazine rings is 1. The third-order valence-corrected chi connectivity index (χ3v) is 5.66. The lowest BCUT2D eigenvalue weighted by Gasteiger charge is -2.34. The molecule has 0 saturated carbocycles. The third kappa shape index (κ3) is 4.99. The molecule has 0 spiro atoms. The van der Waals surface area contributed by atoms with Crippen LogP contribution in [0.3, 0.4) is 0 Å². The Morgan fingerprint density at radius 1 is 1.29 bits per heavy atom. The van der Waals surface area contributed by atoms with Crippen LogP contribution in [0.15, 0.2) is 29.4 Å². The molecule has 134 valence electrons. The van der Waals surface area contributed by atoms with Crippen molar-refractivity contribution in [3.05, 3.63) is 24.5 Å². The van der Waals surface area contributed by atoms with E-state index in [1.807, 2.05) is 0 Å². The van der Waals surface area contributed by atoms with Crippen LogP contribution >= 0.6 is 0 Å². The summed E-state index contributed by atoms with van der Waals surface area (Å²) in [6.07, 6.45) is 3.22. The maximum Gasteiger partial charge on any atom is 0.244 e. The number of aromatic nitrogens is 1. The molecule has 1 aromatic heterocycles. The van der Waals surface area contributed by atoms with Gasteiger partial charge in [0, 0.05) is 45.2 Å². The zero-order valence-corrected chi connectivity index (χ0v) is 15.0. The molecule has 0 aliphatic carbocycles. The lowest BCUT2D eigenvalue weighted by atomic mass is 10.2. The maximum atomic E-state index is 12.5. The van der Waals surface area contributed by atoms with Gasteiger partial charge in [-0.2, -0.15) is 4.31 Å². The van der Waals surface area contributed by atoms with Gasteiger partial charge < -0.3 is 9.64 Å². The van der Waals surface area contributed by atoms with Gasteiger partial charge in [0.25, 0.3) is 0 Å². The summed E-state index contributed by atoms with van der Waals surface area (Å²) in [5.41, 5.74) is 0. The van der Waals surface area contributed by atoms with E-state index in [2.05, 4.69) is 18.8 Å². The normalized spacial score (nSPS) is 16.5. The van der Waals surface area contributed by atoms with Gasteiger partial charge in [0.15, 0.2) is 0 Å². The number of hydrogen-bond acceptors (Lipinski definition) is 5. The SMILES string of the molecule is CC(C)COCCC(=O)N1CCN(S(=O)(=O)c2cccnc2)CC1. The first kappa shape index (κ1) is 18.8. The van der Waals surface area contributed by atoms with Crippen LogP contribution in [0.25, 0.3) is 0 Å². The van der Waals surface area contributed by atoms with Gasteiger partial charge in [-0.15, -0.1) is 0 Å². The summed E-state index contributed by atoms with van der Waals surface area (Å²) in [6, 6.07) is 3.13. The van der Waals surface area contributed by atoms with Gasteiger partial charge in [-0.05, 0) is 18.1 Å². The van der Waals surface area contributed by atoms with Crippen molar-refractivity contribution in [1.29, 1.82) is 0 Å². The van der Waals surface area contributed by atoms with Gasteiger partial charge in [-0.1, -0.05) is 13.8 Å². The number of pyridine rings is 1. The minimum atomic E-state index is -3.53. The largest absolute Gasteiger partial charge is 0.381 e. The average Bonchev–Trinajstić information content (AvgIpc) is 2.59. The summed E-state index contributed by atoms with van der Waals surface area (Å²) in [6.45, 7) is 6.58. The Morgan fingerprint density at radius 3 is 2.58 bits per heavy atom. The van der Waals surface area contributed by atoms with E-state index in [0.717, 1.165) is 0 Å². The molecule has 2 rings (SSSR count). The molecule has 0 aromatic carbocycles. The molecule has 1 aromatic rings. The van der Waals surface area contributed by atoms with Crippen molar-refractivity contribution in [3.8, 4) is 0 Å². The number of ether oxygens (including phenoxy) is 1. The summed E-state index contributed by atoms with van der Waals surface area (Å²) < 4.78 is 31.8. The van der Waals surface area contributed by atoms with Gasteiger partial charge in [-0.25, -0.2) is 8.42 Å². The van der Waals surface area contributed by atoms with Crippen LogP contribution in [0.4, 0.5) is 0 Å². The number of sulfonamides is 1.